The standard InChI is InChI=1S/C13H14Cl2N2O/c1-17-5-4-16-13(17)8-11(18)6-9-2-3-10(14)7-12(9)15/h2-5,7,11,18H,6,8H2,1H3. The lowest BCUT2D eigenvalue weighted by atomic mass is 10.1. The second-order valence-electron chi connectivity index (χ2n) is 4.25. The molecule has 0 radical (unpaired) electrons. The highest BCUT2D eigenvalue weighted by Gasteiger charge is 2.12. The Bertz CT molecular complexity index is 540. The molecule has 2 aromatic rings. The Balaban J connectivity index is 2.03. The Morgan fingerprint density at radius 1 is 1.33 bits per heavy atom. The van der Waals surface area contributed by atoms with Crippen LogP contribution >= 0.6 is 23.2 Å². The van der Waals surface area contributed by atoms with Gasteiger partial charge >= 0.3 is 0 Å². The Morgan fingerprint density at radius 2 is 2.11 bits per heavy atom. The van der Waals surface area contributed by atoms with Crippen LogP contribution in [0, 0.1) is 0 Å². The van der Waals surface area contributed by atoms with E-state index in [1.807, 2.05) is 23.9 Å². The number of aryl methyl sites for hydroxylation is 1. The molecule has 0 amide bonds. The number of aromatic nitrogens is 2. The van der Waals surface area contributed by atoms with Crippen LogP contribution in [0.4, 0.5) is 0 Å². The van der Waals surface area contributed by atoms with E-state index in [9.17, 15) is 5.11 Å². The second kappa shape index (κ2) is 5.74. The quantitative estimate of drug-likeness (QED) is 0.938. The summed E-state index contributed by atoms with van der Waals surface area (Å²) in [6, 6.07) is 5.30. The lowest BCUT2D eigenvalue weighted by Crippen LogP contribution is -2.16. The van der Waals surface area contributed by atoms with Gasteiger partial charge in [0.2, 0.25) is 0 Å². The van der Waals surface area contributed by atoms with Crippen molar-refractivity contribution in [1.29, 1.82) is 0 Å². The number of hydrogen-bond donors (Lipinski definition) is 1. The van der Waals surface area contributed by atoms with Gasteiger partial charge in [-0.25, -0.2) is 4.98 Å². The fourth-order valence-corrected chi connectivity index (χ4v) is 2.30. The van der Waals surface area contributed by atoms with Crippen molar-refractivity contribution in [3.63, 3.8) is 0 Å². The summed E-state index contributed by atoms with van der Waals surface area (Å²) in [7, 11) is 1.91. The van der Waals surface area contributed by atoms with Crippen LogP contribution in [-0.2, 0) is 19.9 Å². The molecule has 0 spiro atoms. The van der Waals surface area contributed by atoms with Crippen molar-refractivity contribution in [2.75, 3.05) is 0 Å². The molecule has 1 aromatic carbocycles. The van der Waals surface area contributed by atoms with Gasteiger partial charge in [-0.1, -0.05) is 29.3 Å². The number of aliphatic hydroxyl groups excluding tert-OH is 1. The Hall–Kier alpha value is -1.03. The highest BCUT2D eigenvalue weighted by atomic mass is 35.5. The molecule has 96 valence electrons. The highest BCUT2D eigenvalue weighted by Crippen LogP contribution is 2.22. The summed E-state index contributed by atoms with van der Waals surface area (Å²) in [4.78, 5) is 4.18. The maximum Gasteiger partial charge on any atom is 0.110 e. The molecule has 0 aliphatic rings. The zero-order valence-electron chi connectivity index (χ0n) is 9.98. The molecule has 0 saturated heterocycles. The van der Waals surface area contributed by atoms with Gasteiger partial charge in [0.05, 0.1) is 6.10 Å². The lowest BCUT2D eigenvalue weighted by Gasteiger charge is -2.12. The van der Waals surface area contributed by atoms with Crippen LogP contribution in [0.15, 0.2) is 30.6 Å². The van der Waals surface area contributed by atoms with Gasteiger partial charge in [-0.2, -0.15) is 0 Å². The molecule has 0 saturated carbocycles. The molecule has 0 bridgehead atoms. The first-order chi connectivity index (χ1) is 8.56. The fourth-order valence-electron chi connectivity index (χ4n) is 1.82. The van der Waals surface area contributed by atoms with Crippen LogP contribution in [0.1, 0.15) is 11.4 Å². The summed E-state index contributed by atoms with van der Waals surface area (Å²) >= 11 is 11.9. The van der Waals surface area contributed by atoms with Gasteiger partial charge in [-0.05, 0) is 17.7 Å². The molecule has 1 aromatic heterocycles. The predicted molar refractivity (Wildman–Crippen MR) is 73.1 cm³/mol. The fraction of sp³-hybridized carbons (Fsp3) is 0.308. The van der Waals surface area contributed by atoms with Crippen molar-refractivity contribution in [2.45, 2.75) is 18.9 Å². The first kappa shape index (κ1) is 13.4. The van der Waals surface area contributed by atoms with Crippen molar-refractivity contribution in [3.8, 4) is 0 Å². The van der Waals surface area contributed by atoms with Crippen LogP contribution in [0.3, 0.4) is 0 Å². The largest absolute Gasteiger partial charge is 0.392 e. The maximum absolute atomic E-state index is 10.0. The van der Waals surface area contributed by atoms with E-state index in [0.717, 1.165) is 11.4 Å². The number of benzene rings is 1. The normalized spacial score (nSPS) is 12.7. The molecule has 18 heavy (non-hydrogen) atoms. The molecular weight excluding hydrogens is 271 g/mol. The Morgan fingerprint density at radius 3 is 2.72 bits per heavy atom. The van der Waals surface area contributed by atoms with Gasteiger partial charge < -0.3 is 9.67 Å². The first-order valence-corrected chi connectivity index (χ1v) is 6.40. The van der Waals surface area contributed by atoms with Crippen LogP contribution in [0.25, 0.3) is 0 Å². The summed E-state index contributed by atoms with van der Waals surface area (Å²) in [5, 5.41) is 11.2. The van der Waals surface area contributed by atoms with E-state index in [2.05, 4.69) is 4.98 Å². The van der Waals surface area contributed by atoms with Crippen molar-refractivity contribution in [1.82, 2.24) is 9.55 Å². The predicted octanol–water partition coefficient (Wildman–Crippen LogP) is 2.87. The lowest BCUT2D eigenvalue weighted by molar-refractivity contribution is 0.172. The summed E-state index contributed by atoms with van der Waals surface area (Å²) in [6.07, 6.45) is 4.06. The van der Waals surface area contributed by atoms with E-state index in [4.69, 9.17) is 23.2 Å². The number of halogens is 2. The van der Waals surface area contributed by atoms with Gasteiger partial charge in [0.15, 0.2) is 0 Å². The molecule has 1 heterocycles. The second-order valence-corrected chi connectivity index (χ2v) is 5.10. The molecule has 1 N–H and O–H groups in total. The SMILES string of the molecule is Cn1ccnc1CC(O)Cc1ccc(Cl)cc1Cl. The zero-order chi connectivity index (χ0) is 13.1. The Kier molecular flexibility index (Phi) is 4.27. The summed E-state index contributed by atoms with van der Waals surface area (Å²) in [5.74, 6) is 0.854. The van der Waals surface area contributed by atoms with Crippen molar-refractivity contribution < 1.29 is 5.11 Å². The number of nitrogens with zero attached hydrogens (tertiary/aromatic N) is 2. The molecular formula is C13H14Cl2N2O. The van der Waals surface area contributed by atoms with E-state index in [0.29, 0.717) is 22.9 Å². The van der Waals surface area contributed by atoms with Gasteiger partial charge in [-0.15, -0.1) is 0 Å². The molecule has 5 heteroatoms. The number of aliphatic hydroxyl groups is 1. The molecule has 1 atom stereocenters. The smallest absolute Gasteiger partial charge is 0.110 e. The summed E-state index contributed by atoms with van der Waals surface area (Å²) in [5.41, 5.74) is 0.891. The van der Waals surface area contributed by atoms with E-state index in [-0.39, 0.29) is 0 Å². The molecule has 0 fully saturated rings. The van der Waals surface area contributed by atoms with Crippen molar-refractivity contribution >= 4 is 23.2 Å². The van der Waals surface area contributed by atoms with Gasteiger partial charge in [-0.3, -0.25) is 0 Å². The third-order valence-electron chi connectivity index (χ3n) is 2.81. The third kappa shape index (κ3) is 3.25. The Labute approximate surface area is 116 Å². The van der Waals surface area contributed by atoms with Crippen molar-refractivity contribution in [2.24, 2.45) is 7.05 Å². The van der Waals surface area contributed by atoms with Gasteiger partial charge in [0.1, 0.15) is 5.82 Å². The molecule has 1 unspecified atom stereocenters. The summed E-state index contributed by atoms with van der Waals surface area (Å²) in [6.45, 7) is 0. The molecule has 0 aliphatic heterocycles. The van der Waals surface area contributed by atoms with Crippen LogP contribution in [0.5, 0.6) is 0 Å². The van der Waals surface area contributed by atoms with Gasteiger partial charge in [0, 0.05) is 42.3 Å². The minimum absolute atomic E-state index is 0.489. The minimum Gasteiger partial charge on any atom is -0.392 e. The zero-order valence-corrected chi connectivity index (χ0v) is 11.5. The minimum atomic E-state index is -0.509. The summed E-state index contributed by atoms with van der Waals surface area (Å²) < 4.78 is 1.90. The third-order valence-corrected chi connectivity index (χ3v) is 3.40. The maximum atomic E-state index is 10.0. The van der Waals surface area contributed by atoms with Crippen LogP contribution < -0.4 is 0 Å². The van der Waals surface area contributed by atoms with Crippen LogP contribution in [-0.4, -0.2) is 20.8 Å². The van der Waals surface area contributed by atoms with Crippen LogP contribution in [0.2, 0.25) is 10.0 Å². The number of rotatable bonds is 4. The topological polar surface area (TPSA) is 38.0 Å². The number of imidazole rings is 1. The van der Waals surface area contributed by atoms with E-state index in [1.165, 1.54) is 0 Å². The van der Waals surface area contributed by atoms with E-state index < -0.39 is 6.10 Å². The van der Waals surface area contributed by atoms with Crippen molar-refractivity contribution in [3.05, 3.63) is 52.0 Å². The average Bonchev–Trinajstić information content (AvgIpc) is 2.69. The molecule has 0 aliphatic carbocycles. The first-order valence-electron chi connectivity index (χ1n) is 5.64. The number of hydrogen-bond acceptors (Lipinski definition) is 2. The van der Waals surface area contributed by atoms with Gasteiger partial charge in [0.25, 0.3) is 0 Å². The average molecular weight is 285 g/mol. The molecule has 3 nitrogen and oxygen atoms in total. The monoisotopic (exact) mass is 284 g/mol. The molecule has 2 rings (SSSR count). The van der Waals surface area contributed by atoms with E-state index in [1.54, 1.807) is 18.3 Å². The van der Waals surface area contributed by atoms with E-state index >= 15 is 0 Å². The highest BCUT2D eigenvalue weighted by molar-refractivity contribution is 6.35.